The van der Waals surface area contributed by atoms with Gasteiger partial charge in [0.05, 0.1) is 0 Å². The predicted molar refractivity (Wildman–Crippen MR) is 51.1 cm³/mol. The first-order valence-corrected chi connectivity index (χ1v) is 4.54. The first kappa shape index (κ1) is 10.9. The van der Waals surface area contributed by atoms with E-state index >= 15 is 0 Å². The number of amides is 2. The fourth-order valence-electron chi connectivity index (χ4n) is 1.34. The first-order valence-electron chi connectivity index (χ1n) is 4.54. The number of hydrogen-bond donors (Lipinski definition) is 1. The predicted octanol–water partition coefficient (Wildman–Crippen LogP) is 0.666. The Balaban J connectivity index is 2.66. The van der Waals surface area contributed by atoms with Gasteiger partial charge in [-0.05, 0) is 11.8 Å². The average molecular weight is 197 g/mol. The summed E-state index contributed by atoms with van der Waals surface area (Å²) in [6, 6.07) is 0. The van der Waals surface area contributed by atoms with Crippen molar-refractivity contribution in [1.29, 1.82) is 0 Å². The normalized spacial score (nSPS) is 19.3. The van der Waals surface area contributed by atoms with E-state index < -0.39 is 18.0 Å². The van der Waals surface area contributed by atoms with Crippen molar-refractivity contribution in [1.82, 2.24) is 4.90 Å². The molecule has 0 spiro atoms. The summed E-state index contributed by atoms with van der Waals surface area (Å²) in [6.45, 7) is 5.82. The molecule has 1 rings (SSSR count). The molecule has 0 aliphatic carbocycles. The Labute approximate surface area is 83.2 Å². The number of aliphatic hydroxyl groups is 1. The molecule has 1 aliphatic rings. The molecule has 4 heteroatoms. The van der Waals surface area contributed by atoms with Gasteiger partial charge in [0.25, 0.3) is 11.8 Å². The van der Waals surface area contributed by atoms with Crippen LogP contribution in [0.2, 0.25) is 0 Å². The standard InChI is InChI=1S/C10H15NO3/c1-10(2,3)6-9(14)11-7(12)4-5-8(11)13/h4-5,9,14H,6H2,1-3H3. The summed E-state index contributed by atoms with van der Waals surface area (Å²) < 4.78 is 0. The Hall–Kier alpha value is -1.16. The van der Waals surface area contributed by atoms with Crippen LogP contribution in [0.1, 0.15) is 27.2 Å². The number of nitrogens with zero attached hydrogens (tertiary/aromatic N) is 1. The van der Waals surface area contributed by atoms with Crippen LogP contribution >= 0.6 is 0 Å². The van der Waals surface area contributed by atoms with Gasteiger partial charge >= 0.3 is 0 Å². The van der Waals surface area contributed by atoms with Crippen molar-refractivity contribution in [3.63, 3.8) is 0 Å². The van der Waals surface area contributed by atoms with Crippen LogP contribution in [0.15, 0.2) is 12.2 Å². The quantitative estimate of drug-likeness (QED) is 0.662. The van der Waals surface area contributed by atoms with Crippen LogP contribution < -0.4 is 0 Å². The number of rotatable bonds is 2. The molecule has 1 aliphatic heterocycles. The van der Waals surface area contributed by atoms with Gasteiger partial charge in [0.15, 0.2) is 0 Å². The van der Waals surface area contributed by atoms with Gasteiger partial charge in [-0.3, -0.25) is 9.59 Å². The molecule has 0 aromatic heterocycles. The molecule has 78 valence electrons. The SMILES string of the molecule is CC(C)(C)CC(O)N1C(=O)C=CC1=O. The third-order valence-corrected chi connectivity index (χ3v) is 1.94. The van der Waals surface area contributed by atoms with Crippen LogP contribution in [-0.2, 0) is 9.59 Å². The highest BCUT2D eigenvalue weighted by Gasteiger charge is 2.32. The Morgan fingerprint density at radius 1 is 1.29 bits per heavy atom. The molecule has 1 atom stereocenters. The van der Waals surface area contributed by atoms with Crippen molar-refractivity contribution < 1.29 is 14.7 Å². The van der Waals surface area contributed by atoms with E-state index in [1.807, 2.05) is 20.8 Å². The van der Waals surface area contributed by atoms with Crippen LogP contribution in [0.3, 0.4) is 0 Å². The van der Waals surface area contributed by atoms with E-state index in [1.54, 1.807) is 0 Å². The fourth-order valence-corrected chi connectivity index (χ4v) is 1.34. The second-order valence-corrected chi connectivity index (χ2v) is 4.63. The number of carbonyl (C=O) groups excluding carboxylic acids is 2. The van der Waals surface area contributed by atoms with E-state index in [0.29, 0.717) is 6.42 Å². The van der Waals surface area contributed by atoms with Gasteiger partial charge < -0.3 is 5.11 Å². The lowest BCUT2D eigenvalue weighted by Crippen LogP contribution is -2.41. The van der Waals surface area contributed by atoms with Crippen LogP contribution in [-0.4, -0.2) is 28.0 Å². The van der Waals surface area contributed by atoms with Crippen molar-refractivity contribution in [2.75, 3.05) is 0 Å². The second-order valence-electron chi connectivity index (χ2n) is 4.63. The molecule has 14 heavy (non-hydrogen) atoms. The zero-order valence-electron chi connectivity index (χ0n) is 8.65. The van der Waals surface area contributed by atoms with E-state index in [2.05, 4.69) is 0 Å². The Kier molecular flexibility index (Phi) is 2.76. The molecule has 1 N–H and O–H groups in total. The van der Waals surface area contributed by atoms with Gasteiger partial charge in [0.2, 0.25) is 0 Å². The molecular formula is C10H15NO3. The summed E-state index contributed by atoms with van der Waals surface area (Å²) in [5, 5.41) is 9.67. The maximum absolute atomic E-state index is 11.2. The molecule has 0 fully saturated rings. The van der Waals surface area contributed by atoms with Gasteiger partial charge in [0, 0.05) is 12.2 Å². The van der Waals surface area contributed by atoms with Crippen molar-refractivity contribution in [3.05, 3.63) is 12.2 Å². The molecular weight excluding hydrogens is 182 g/mol. The third-order valence-electron chi connectivity index (χ3n) is 1.94. The first-order chi connectivity index (χ1) is 6.31. The van der Waals surface area contributed by atoms with Crippen LogP contribution in [0, 0.1) is 5.41 Å². The maximum Gasteiger partial charge on any atom is 0.255 e. The third kappa shape index (κ3) is 2.42. The molecule has 0 bridgehead atoms. The van der Waals surface area contributed by atoms with E-state index in [-0.39, 0.29) is 5.41 Å². The van der Waals surface area contributed by atoms with Gasteiger partial charge in [0.1, 0.15) is 6.23 Å². The lowest BCUT2D eigenvalue weighted by atomic mass is 9.91. The zero-order chi connectivity index (χ0) is 10.9. The highest BCUT2D eigenvalue weighted by atomic mass is 16.3. The Bertz CT molecular complexity index is 270. The van der Waals surface area contributed by atoms with E-state index in [0.717, 1.165) is 4.90 Å². The minimum atomic E-state index is -1.02. The van der Waals surface area contributed by atoms with E-state index in [4.69, 9.17) is 0 Å². The molecule has 1 unspecified atom stereocenters. The minimum Gasteiger partial charge on any atom is -0.373 e. The van der Waals surface area contributed by atoms with Crippen LogP contribution in [0.4, 0.5) is 0 Å². The summed E-state index contributed by atoms with van der Waals surface area (Å²) in [6.07, 6.45) is 1.71. The maximum atomic E-state index is 11.2. The monoisotopic (exact) mass is 197 g/mol. The number of hydrogen-bond acceptors (Lipinski definition) is 3. The average Bonchev–Trinajstić information content (AvgIpc) is 2.27. The minimum absolute atomic E-state index is 0.122. The number of imide groups is 1. The van der Waals surface area contributed by atoms with E-state index in [9.17, 15) is 14.7 Å². The fraction of sp³-hybridized carbons (Fsp3) is 0.600. The summed E-state index contributed by atoms with van der Waals surface area (Å²) in [4.78, 5) is 23.2. The zero-order valence-corrected chi connectivity index (χ0v) is 8.65. The Morgan fingerprint density at radius 3 is 2.07 bits per heavy atom. The number of aliphatic hydroxyl groups excluding tert-OH is 1. The highest BCUT2D eigenvalue weighted by Crippen LogP contribution is 2.23. The molecule has 4 nitrogen and oxygen atoms in total. The van der Waals surface area contributed by atoms with E-state index in [1.165, 1.54) is 12.2 Å². The molecule has 0 aromatic rings. The van der Waals surface area contributed by atoms with Gasteiger partial charge in [-0.25, -0.2) is 4.90 Å². The summed E-state index contributed by atoms with van der Waals surface area (Å²) in [5.41, 5.74) is -0.122. The molecule has 0 aromatic carbocycles. The largest absolute Gasteiger partial charge is 0.373 e. The second kappa shape index (κ2) is 3.53. The number of carbonyl (C=O) groups is 2. The van der Waals surface area contributed by atoms with Crippen molar-refractivity contribution in [2.45, 2.75) is 33.4 Å². The van der Waals surface area contributed by atoms with Crippen molar-refractivity contribution in [3.8, 4) is 0 Å². The van der Waals surface area contributed by atoms with Gasteiger partial charge in [-0.1, -0.05) is 20.8 Å². The lowest BCUT2D eigenvalue weighted by Gasteiger charge is -2.27. The van der Waals surface area contributed by atoms with Crippen LogP contribution in [0.25, 0.3) is 0 Å². The summed E-state index contributed by atoms with van der Waals surface area (Å²) in [7, 11) is 0. The molecule has 0 saturated carbocycles. The van der Waals surface area contributed by atoms with Crippen molar-refractivity contribution >= 4 is 11.8 Å². The summed E-state index contributed by atoms with van der Waals surface area (Å²) in [5.74, 6) is -0.876. The van der Waals surface area contributed by atoms with Crippen molar-refractivity contribution in [2.24, 2.45) is 5.41 Å². The molecule has 0 saturated heterocycles. The smallest absolute Gasteiger partial charge is 0.255 e. The van der Waals surface area contributed by atoms with Crippen LogP contribution in [0.5, 0.6) is 0 Å². The van der Waals surface area contributed by atoms with Gasteiger partial charge in [-0.15, -0.1) is 0 Å². The molecule has 0 radical (unpaired) electrons. The molecule has 2 amide bonds. The lowest BCUT2D eigenvalue weighted by molar-refractivity contribution is -0.149. The Morgan fingerprint density at radius 2 is 1.71 bits per heavy atom. The molecule has 1 heterocycles. The summed E-state index contributed by atoms with van der Waals surface area (Å²) >= 11 is 0. The highest BCUT2D eigenvalue weighted by molar-refractivity contribution is 6.13. The van der Waals surface area contributed by atoms with Gasteiger partial charge in [-0.2, -0.15) is 0 Å². The topological polar surface area (TPSA) is 57.6 Å².